The summed E-state index contributed by atoms with van der Waals surface area (Å²) in [7, 11) is 0. The second-order valence-corrected chi connectivity index (χ2v) is 5.73. The number of carbonyl (C=O) groups excluding carboxylic acids is 1. The van der Waals surface area contributed by atoms with E-state index in [2.05, 4.69) is 31.1 Å². The van der Waals surface area contributed by atoms with Gasteiger partial charge in [-0.3, -0.25) is 4.79 Å². The van der Waals surface area contributed by atoms with Crippen molar-refractivity contribution in [3.05, 3.63) is 41.2 Å². The number of aldehydes is 1. The fraction of sp³-hybridized carbons (Fsp3) is 0.500. The highest BCUT2D eigenvalue weighted by atomic mass is 16.5. The van der Waals surface area contributed by atoms with Gasteiger partial charge in [0.1, 0.15) is 11.4 Å². The first-order valence-electron chi connectivity index (χ1n) is 8.27. The van der Waals surface area contributed by atoms with Gasteiger partial charge in [0.15, 0.2) is 6.29 Å². The highest BCUT2D eigenvalue weighted by Crippen LogP contribution is 2.24. The molecular formula is C18H25N3O2. The monoisotopic (exact) mass is 315 g/mol. The van der Waals surface area contributed by atoms with Crippen LogP contribution in [0.25, 0.3) is 0 Å². The summed E-state index contributed by atoms with van der Waals surface area (Å²) in [5.41, 5.74) is 2.65. The highest BCUT2D eigenvalue weighted by Gasteiger charge is 2.19. The van der Waals surface area contributed by atoms with Crippen LogP contribution in [0.5, 0.6) is 5.75 Å². The third kappa shape index (κ3) is 4.41. The minimum Gasteiger partial charge on any atom is -0.494 e. The van der Waals surface area contributed by atoms with Crippen molar-refractivity contribution in [2.75, 3.05) is 6.61 Å². The van der Waals surface area contributed by atoms with Gasteiger partial charge in [-0.25, -0.2) is 4.68 Å². The summed E-state index contributed by atoms with van der Waals surface area (Å²) in [5.74, 6) is 1.20. The Morgan fingerprint density at radius 1 is 1.22 bits per heavy atom. The third-order valence-electron chi connectivity index (χ3n) is 4.09. The average Bonchev–Trinajstić information content (AvgIpc) is 2.97. The van der Waals surface area contributed by atoms with E-state index in [9.17, 15) is 4.79 Å². The van der Waals surface area contributed by atoms with Gasteiger partial charge in [-0.2, -0.15) is 0 Å². The molecule has 0 radical (unpaired) electrons. The van der Waals surface area contributed by atoms with Gasteiger partial charge in [0.05, 0.1) is 12.3 Å². The van der Waals surface area contributed by atoms with Gasteiger partial charge in [-0.05, 0) is 31.9 Å². The molecule has 2 rings (SSSR count). The molecule has 0 N–H and O–H groups in total. The first-order chi connectivity index (χ1) is 11.2. The number of ether oxygens (including phenoxy) is 1. The largest absolute Gasteiger partial charge is 0.494 e. The molecule has 0 unspecified atom stereocenters. The maximum Gasteiger partial charge on any atom is 0.172 e. The molecule has 0 saturated heterocycles. The molecule has 1 aromatic heterocycles. The zero-order valence-electron chi connectivity index (χ0n) is 14.2. The summed E-state index contributed by atoms with van der Waals surface area (Å²) in [6, 6.07) is 8.03. The number of benzene rings is 1. The van der Waals surface area contributed by atoms with E-state index in [1.54, 1.807) is 0 Å². The normalized spacial score (nSPS) is 11.0. The van der Waals surface area contributed by atoms with Gasteiger partial charge in [0.25, 0.3) is 0 Å². The van der Waals surface area contributed by atoms with E-state index in [1.165, 1.54) is 5.56 Å². The van der Waals surface area contributed by atoms with Crippen molar-refractivity contribution in [1.82, 2.24) is 15.0 Å². The summed E-state index contributed by atoms with van der Waals surface area (Å²) in [6.07, 6.45) is 3.58. The maximum atomic E-state index is 11.2. The van der Waals surface area contributed by atoms with Crippen molar-refractivity contribution in [2.24, 2.45) is 0 Å². The lowest BCUT2D eigenvalue weighted by Gasteiger charge is -2.15. The summed E-state index contributed by atoms with van der Waals surface area (Å²) in [5, 5.41) is 8.14. The number of carbonyl (C=O) groups is 1. The molecular weight excluding hydrogens is 290 g/mol. The van der Waals surface area contributed by atoms with Gasteiger partial charge in [-0.1, -0.05) is 36.8 Å². The van der Waals surface area contributed by atoms with E-state index in [0.717, 1.165) is 37.0 Å². The summed E-state index contributed by atoms with van der Waals surface area (Å²) >= 11 is 0. The predicted molar refractivity (Wildman–Crippen MR) is 90.0 cm³/mol. The molecule has 0 atom stereocenters. The number of hydrogen-bond donors (Lipinski definition) is 0. The molecule has 0 fully saturated rings. The van der Waals surface area contributed by atoms with Crippen molar-refractivity contribution < 1.29 is 9.53 Å². The van der Waals surface area contributed by atoms with Gasteiger partial charge in [0.2, 0.25) is 0 Å². The molecule has 5 heteroatoms. The number of nitrogens with zero attached hydrogens (tertiary/aromatic N) is 3. The van der Waals surface area contributed by atoms with Gasteiger partial charge >= 0.3 is 0 Å². The smallest absolute Gasteiger partial charge is 0.172 e. The van der Waals surface area contributed by atoms with Crippen LogP contribution in [0.3, 0.4) is 0 Å². The molecule has 2 aromatic rings. The van der Waals surface area contributed by atoms with Crippen LogP contribution in [-0.4, -0.2) is 27.9 Å². The molecule has 23 heavy (non-hydrogen) atoms. The fourth-order valence-corrected chi connectivity index (χ4v) is 2.72. The lowest BCUT2D eigenvalue weighted by molar-refractivity contribution is 0.111. The first kappa shape index (κ1) is 17.2. The standard InChI is InChI=1S/C18H25N3O2/c1-4-15(5-2)18-17(13-22)19-20-21(18)11-6-12-23-16-9-7-14(3)8-10-16/h7-10,13,15H,4-6,11-12H2,1-3H3. The molecule has 0 aliphatic heterocycles. The summed E-state index contributed by atoms with van der Waals surface area (Å²) in [6.45, 7) is 7.62. The third-order valence-corrected chi connectivity index (χ3v) is 4.09. The lowest BCUT2D eigenvalue weighted by atomic mass is 9.97. The van der Waals surface area contributed by atoms with Crippen molar-refractivity contribution >= 4 is 6.29 Å². The SMILES string of the molecule is CCC(CC)c1c(C=O)nnn1CCCOc1ccc(C)cc1. The minimum atomic E-state index is 0.322. The quantitative estimate of drug-likeness (QED) is 0.522. The molecule has 0 saturated carbocycles. The Morgan fingerprint density at radius 2 is 1.91 bits per heavy atom. The minimum absolute atomic E-state index is 0.322. The molecule has 0 spiro atoms. The Morgan fingerprint density at radius 3 is 2.52 bits per heavy atom. The van der Waals surface area contributed by atoms with Crippen LogP contribution < -0.4 is 4.74 Å². The van der Waals surface area contributed by atoms with Crippen LogP contribution in [0.1, 0.15) is 60.8 Å². The Bertz CT molecular complexity index is 616. The molecule has 124 valence electrons. The van der Waals surface area contributed by atoms with Crippen LogP contribution >= 0.6 is 0 Å². The van der Waals surface area contributed by atoms with E-state index < -0.39 is 0 Å². The van der Waals surface area contributed by atoms with Crippen molar-refractivity contribution in [3.63, 3.8) is 0 Å². The van der Waals surface area contributed by atoms with E-state index in [0.29, 0.717) is 24.8 Å². The zero-order valence-corrected chi connectivity index (χ0v) is 14.2. The van der Waals surface area contributed by atoms with Crippen LogP contribution in [0.2, 0.25) is 0 Å². The molecule has 0 amide bonds. The molecule has 0 aliphatic rings. The maximum absolute atomic E-state index is 11.2. The lowest BCUT2D eigenvalue weighted by Crippen LogP contribution is -2.12. The van der Waals surface area contributed by atoms with Crippen LogP contribution in [0, 0.1) is 6.92 Å². The fourth-order valence-electron chi connectivity index (χ4n) is 2.72. The molecule has 0 bridgehead atoms. The number of aromatic nitrogens is 3. The first-order valence-corrected chi connectivity index (χ1v) is 8.27. The van der Waals surface area contributed by atoms with E-state index in [1.807, 2.05) is 28.9 Å². The average molecular weight is 315 g/mol. The summed E-state index contributed by atoms with van der Waals surface area (Å²) < 4.78 is 7.60. The molecule has 1 aromatic carbocycles. The highest BCUT2D eigenvalue weighted by molar-refractivity contribution is 5.73. The van der Waals surface area contributed by atoms with Crippen molar-refractivity contribution in [2.45, 2.75) is 52.5 Å². The topological polar surface area (TPSA) is 57.0 Å². The second-order valence-electron chi connectivity index (χ2n) is 5.73. The predicted octanol–water partition coefficient (Wildman–Crippen LogP) is 3.77. The zero-order chi connectivity index (χ0) is 16.7. The summed E-state index contributed by atoms with van der Waals surface area (Å²) in [4.78, 5) is 11.2. The number of rotatable bonds is 9. The Kier molecular flexibility index (Phi) is 6.32. The van der Waals surface area contributed by atoms with Crippen molar-refractivity contribution in [3.8, 4) is 5.75 Å². The Labute approximate surface area is 137 Å². The van der Waals surface area contributed by atoms with Crippen LogP contribution in [0.15, 0.2) is 24.3 Å². The van der Waals surface area contributed by atoms with Crippen molar-refractivity contribution in [1.29, 1.82) is 0 Å². The van der Waals surface area contributed by atoms with E-state index in [-0.39, 0.29) is 0 Å². The van der Waals surface area contributed by atoms with Gasteiger partial charge in [-0.15, -0.1) is 5.10 Å². The van der Waals surface area contributed by atoms with Gasteiger partial charge in [0, 0.05) is 18.9 Å². The Balaban J connectivity index is 1.93. The number of hydrogen-bond acceptors (Lipinski definition) is 4. The molecule has 0 aliphatic carbocycles. The second kappa shape index (κ2) is 8.46. The van der Waals surface area contributed by atoms with E-state index >= 15 is 0 Å². The number of aryl methyl sites for hydroxylation is 2. The van der Waals surface area contributed by atoms with Gasteiger partial charge < -0.3 is 4.74 Å². The molecule has 1 heterocycles. The van der Waals surface area contributed by atoms with Crippen LogP contribution in [-0.2, 0) is 6.54 Å². The van der Waals surface area contributed by atoms with E-state index in [4.69, 9.17) is 4.74 Å². The molecule has 5 nitrogen and oxygen atoms in total. The van der Waals surface area contributed by atoms with Crippen LogP contribution in [0.4, 0.5) is 0 Å². The Hall–Kier alpha value is -2.17.